The van der Waals surface area contributed by atoms with Gasteiger partial charge in [-0.2, -0.15) is 0 Å². The molecule has 5 heteroatoms. The topological polar surface area (TPSA) is 40.6 Å². The van der Waals surface area contributed by atoms with E-state index in [1.807, 2.05) is 47.4 Å². The fourth-order valence-electron chi connectivity index (χ4n) is 3.48. The molecule has 0 unspecified atom stereocenters. The van der Waals surface area contributed by atoms with Crippen LogP contribution in [0.5, 0.6) is 0 Å². The summed E-state index contributed by atoms with van der Waals surface area (Å²) in [4.78, 5) is 28.9. The summed E-state index contributed by atoms with van der Waals surface area (Å²) >= 11 is 3.50. The molecule has 0 atom stereocenters. The predicted octanol–water partition coefficient (Wildman–Crippen LogP) is 4.38. The van der Waals surface area contributed by atoms with Crippen LogP contribution in [0, 0.1) is 0 Å². The second-order valence-electron chi connectivity index (χ2n) is 6.99. The van der Waals surface area contributed by atoms with Crippen LogP contribution >= 0.6 is 15.9 Å². The molecule has 2 aromatic rings. The summed E-state index contributed by atoms with van der Waals surface area (Å²) < 4.78 is 1.02. The van der Waals surface area contributed by atoms with Crippen LogP contribution in [0.3, 0.4) is 0 Å². The highest BCUT2D eigenvalue weighted by Crippen LogP contribution is 2.31. The van der Waals surface area contributed by atoms with Gasteiger partial charge in [-0.3, -0.25) is 9.59 Å². The van der Waals surface area contributed by atoms with Crippen molar-refractivity contribution in [2.75, 3.05) is 11.4 Å². The van der Waals surface area contributed by atoms with Crippen LogP contribution in [0.4, 0.5) is 5.69 Å². The molecule has 4 rings (SSSR count). The van der Waals surface area contributed by atoms with Crippen molar-refractivity contribution in [1.29, 1.82) is 0 Å². The molecule has 1 aliphatic heterocycles. The molecule has 1 aliphatic carbocycles. The summed E-state index contributed by atoms with van der Waals surface area (Å²) in [5.41, 5.74) is 2.60. The van der Waals surface area contributed by atoms with Crippen LogP contribution in [0.2, 0.25) is 0 Å². The Kier molecular flexibility index (Phi) is 4.81. The third-order valence-corrected chi connectivity index (χ3v) is 5.46. The van der Waals surface area contributed by atoms with Gasteiger partial charge in [0.05, 0.1) is 0 Å². The van der Waals surface area contributed by atoms with Crippen molar-refractivity contribution in [2.24, 2.45) is 0 Å². The summed E-state index contributed by atoms with van der Waals surface area (Å²) in [6, 6.07) is 15.9. The fraction of sp³-hybridized carbons (Fsp3) is 0.333. The maximum Gasteiger partial charge on any atom is 0.254 e. The van der Waals surface area contributed by atoms with E-state index in [1.54, 1.807) is 4.90 Å². The highest BCUT2D eigenvalue weighted by molar-refractivity contribution is 9.10. The van der Waals surface area contributed by atoms with Crippen LogP contribution in [0.15, 0.2) is 53.0 Å². The number of rotatable bonds is 5. The molecule has 0 spiro atoms. The van der Waals surface area contributed by atoms with Crippen LogP contribution in [0.1, 0.15) is 41.6 Å². The van der Waals surface area contributed by atoms with Crippen molar-refractivity contribution in [3.05, 3.63) is 64.1 Å². The number of halogens is 1. The molecule has 2 aromatic carbocycles. The van der Waals surface area contributed by atoms with Crippen LogP contribution in [0.25, 0.3) is 0 Å². The Bertz CT molecular complexity index is 847. The Labute approximate surface area is 161 Å². The van der Waals surface area contributed by atoms with E-state index in [9.17, 15) is 9.59 Å². The van der Waals surface area contributed by atoms with E-state index in [1.165, 1.54) is 0 Å². The molecule has 4 nitrogen and oxygen atoms in total. The molecule has 0 N–H and O–H groups in total. The van der Waals surface area contributed by atoms with E-state index in [0.29, 0.717) is 24.6 Å². The van der Waals surface area contributed by atoms with E-state index in [-0.39, 0.29) is 11.8 Å². The summed E-state index contributed by atoms with van der Waals surface area (Å²) in [6.45, 7) is 1.34. The molecule has 2 amide bonds. The molecular formula is C21H21BrN2O2. The zero-order chi connectivity index (χ0) is 18.1. The largest absolute Gasteiger partial charge is 0.331 e. The van der Waals surface area contributed by atoms with Gasteiger partial charge in [0.1, 0.15) is 0 Å². The van der Waals surface area contributed by atoms with Gasteiger partial charge >= 0.3 is 0 Å². The summed E-state index contributed by atoms with van der Waals surface area (Å²) in [6.07, 6.45) is 3.59. The van der Waals surface area contributed by atoms with E-state index in [2.05, 4.69) is 22.0 Å². The molecule has 0 radical (unpaired) electrons. The molecular weight excluding hydrogens is 392 g/mol. The first-order valence-corrected chi connectivity index (χ1v) is 9.87. The molecule has 26 heavy (non-hydrogen) atoms. The van der Waals surface area contributed by atoms with Gasteiger partial charge in [0.2, 0.25) is 5.91 Å². The van der Waals surface area contributed by atoms with E-state index >= 15 is 0 Å². The van der Waals surface area contributed by atoms with Crippen molar-refractivity contribution >= 4 is 33.4 Å². The minimum absolute atomic E-state index is 0.0426. The van der Waals surface area contributed by atoms with Gasteiger partial charge in [-0.25, -0.2) is 0 Å². The standard InChI is InChI=1S/C21H21BrN2O2/c22-17-6-1-4-15(12-17)14-24(18-9-10-18)21(26)16-5-2-7-19(13-16)23-11-3-8-20(23)25/h1-2,4-7,12-13,18H,3,8-11,14H2. The molecule has 1 saturated heterocycles. The number of hydrogen-bond donors (Lipinski definition) is 0. The summed E-state index contributed by atoms with van der Waals surface area (Å²) in [5.74, 6) is 0.184. The zero-order valence-electron chi connectivity index (χ0n) is 14.5. The Morgan fingerprint density at radius 1 is 1.15 bits per heavy atom. The Hall–Kier alpha value is -2.14. The van der Waals surface area contributed by atoms with Crippen molar-refractivity contribution in [1.82, 2.24) is 4.90 Å². The maximum atomic E-state index is 13.2. The first-order valence-electron chi connectivity index (χ1n) is 9.08. The van der Waals surface area contributed by atoms with Gasteiger partial charge in [0.15, 0.2) is 0 Å². The van der Waals surface area contributed by atoms with E-state index in [4.69, 9.17) is 0 Å². The van der Waals surface area contributed by atoms with Gasteiger partial charge in [0.25, 0.3) is 5.91 Å². The van der Waals surface area contributed by atoms with Crippen molar-refractivity contribution in [2.45, 2.75) is 38.3 Å². The lowest BCUT2D eigenvalue weighted by Crippen LogP contribution is -2.33. The number of nitrogens with zero attached hydrogens (tertiary/aromatic N) is 2. The molecule has 0 aromatic heterocycles. The minimum atomic E-state index is 0.0426. The van der Waals surface area contributed by atoms with Crippen LogP contribution in [-0.2, 0) is 11.3 Å². The molecule has 1 heterocycles. The van der Waals surface area contributed by atoms with Crippen LogP contribution in [-0.4, -0.2) is 29.3 Å². The number of carbonyl (C=O) groups is 2. The van der Waals surface area contributed by atoms with Gasteiger partial charge < -0.3 is 9.80 Å². The Balaban J connectivity index is 1.57. The zero-order valence-corrected chi connectivity index (χ0v) is 16.1. The Morgan fingerprint density at radius 3 is 2.65 bits per heavy atom. The smallest absolute Gasteiger partial charge is 0.254 e. The highest BCUT2D eigenvalue weighted by Gasteiger charge is 2.33. The van der Waals surface area contributed by atoms with Crippen molar-refractivity contribution in [3.63, 3.8) is 0 Å². The lowest BCUT2D eigenvalue weighted by atomic mass is 10.1. The maximum absolute atomic E-state index is 13.2. The quantitative estimate of drug-likeness (QED) is 0.730. The molecule has 2 fully saturated rings. The second-order valence-corrected chi connectivity index (χ2v) is 7.91. The fourth-order valence-corrected chi connectivity index (χ4v) is 3.93. The van der Waals surface area contributed by atoms with Gasteiger partial charge in [-0.1, -0.05) is 34.1 Å². The third-order valence-electron chi connectivity index (χ3n) is 4.97. The third kappa shape index (κ3) is 3.68. The number of anilines is 1. The Morgan fingerprint density at radius 2 is 1.96 bits per heavy atom. The first-order chi connectivity index (χ1) is 12.6. The highest BCUT2D eigenvalue weighted by atomic mass is 79.9. The summed E-state index contributed by atoms with van der Waals surface area (Å²) in [7, 11) is 0. The van der Waals surface area contributed by atoms with Crippen LogP contribution < -0.4 is 4.90 Å². The number of carbonyl (C=O) groups excluding carboxylic acids is 2. The van der Waals surface area contributed by atoms with Gasteiger partial charge in [-0.15, -0.1) is 0 Å². The molecule has 0 bridgehead atoms. The lowest BCUT2D eigenvalue weighted by Gasteiger charge is -2.24. The SMILES string of the molecule is O=C1CCCN1c1cccc(C(=O)N(Cc2cccc(Br)c2)C2CC2)c1. The molecule has 2 aliphatic rings. The second kappa shape index (κ2) is 7.23. The predicted molar refractivity (Wildman–Crippen MR) is 105 cm³/mol. The average Bonchev–Trinajstić information content (AvgIpc) is 3.40. The van der Waals surface area contributed by atoms with Gasteiger partial charge in [-0.05, 0) is 55.2 Å². The normalized spacial score (nSPS) is 16.8. The molecule has 134 valence electrons. The monoisotopic (exact) mass is 412 g/mol. The van der Waals surface area contributed by atoms with E-state index < -0.39 is 0 Å². The summed E-state index contributed by atoms with van der Waals surface area (Å²) in [5, 5.41) is 0. The van der Waals surface area contributed by atoms with Gasteiger partial charge in [0, 0.05) is 41.3 Å². The van der Waals surface area contributed by atoms with Crippen molar-refractivity contribution in [3.8, 4) is 0 Å². The van der Waals surface area contributed by atoms with Crippen molar-refractivity contribution < 1.29 is 9.59 Å². The number of amides is 2. The molecule has 1 saturated carbocycles. The minimum Gasteiger partial charge on any atom is -0.331 e. The number of hydrogen-bond acceptors (Lipinski definition) is 2. The van der Waals surface area contributed by atoms with E-state index in [0.717, 1.165) is 41.5 Å². The number of benzene rings is 2. The average molecular weight is 413 g/mol. The first kappa shape index (κ1) is 17.3. The lowest BCUT2D eigenvalue weighted by molar-refractivity contribution is -0.117.